The number of nitrogen functional groups attached to an aromatic ring is 1. The van der Waals surface area contributed by atoms with Crippen LogP contribution in [0, 0.1) is 13.8 Å². The third-order valence-electron chi connectivity index (χ3n) is 5.40. The molecule has 0 fully saturated rings. The molecule has 4 N–H and O–H groups in total. The van der Waals surface area contributed by atoms with Crippen LogP contribution in [0.1, 0.15) is 47.1 Å². The van der Waals surface area contributed by atoms with Crippen LogP contribution >= 0.6 is 0 Å². The summed E-state index contributed by atoms with van der Waals surface area (Å²) in [7, 11) is 0. The number of hydrogen-bond donors (Lipinski definition) is 3. The first-order valence-electron chi connectivity index (χ1n) is 10.5. The Hall–Kier alpha value is -3.94. The van der Waals surface area contributed by atoms with E-state index in [0.29, 0.717) is 33.5 Å². The Kier molecular flexibility index (Phi) is 5.52. The number of aryl methyl sites for hydroxylation is 2. The number of pyridine rings is 2. The second-order valence-corrected chi connectivity index (χ2v) is 8.23. The molecule has 4 rings (SSSR count). The Morgan fingerprint density at radius 1 is 1.22 bits per heavy atom. The minimum atomic E-state index is -0.301. The monoisotopic (exact) mass is 430 g/mol. The van der Waals surface area contributed by atoms with Crippen LogP contribution in [-0.4, -0.2) is 25.7 Å². The van der Waals surface area contributed by atoms with Gasteiger partial charge in [-0.3, -0.25) is 9.59 Å². The highest BCUT2D eigenvalue weighted by atomic mass is 16.1. The molecule has 8 nitrogen and oxygen atoms in total. The van der Waals surface area contributed by atoms with E-state index in [0.717, 1.165) is 16.8 Å². The summed E-state index contributed by atoms with van der Waals surface area (Å²) in [5, 5.41) is 7.98. The Morgan fingerprint density at radius 3 is 2.69 bits per heavy atom. The van der Waals surface area contributed by atoms with Crippen LogP contribution in [0.2, 0.25) is 0 Å². The van der Waals surface area contributed by atoms with Gasteiger partial charge in [-0.2, -0.15) is 5.10 Å². The number of fused-ring (bicyclic) bond motifs is 1. The largest absolute Gasteiger partial charge is 0.399 e. The van der Waals surface area contributed by atoms with Crippen molar-refractivity contribution in [3.63, 3.8) is 0 Å². The van der Waals surface area contributed by atoms with Crippen molar-refractivity contribution in [2.45, 2.75) is 40.3 Å². The van der Waals surface area contributed by atoms with Gasteiger partial charge in [-0.15, -0.1) is 0 Å². The molecule has 0 saturated carbocycles. The van der Waals surface area contributed by atoms with E-state index >= 15 is 0 Å². The van der Waals surface area contributed by atoms with Crippen LogP contribution in [0.5, 0.6) is 0 Å². The molecule has 0 aliphatic rings. The van der Waals surface area contributed by atoms with Crippen LogP contribution in [0.4, 0.5) is 5.69 Å². The molecule has 1 amide bonds. The lowest BCUT2D eigenvalue weighted by molar-refractivity contribution is 0.0952. The number of aromatic amines is 1. The van der Waals surface area contributed by atoms with Crippen molar-refractivity contribution >= 4 is 22.6 Å². The molecular weight excluding hydrogens is 404 g/mol. The molecule has 3 heterocycles. The average Bonchev–Trinajstić information content (AvgIpc) is 3.16. The molecule has 0 unspecified atom stereocenters. The van der Waals surface area contributed by atoms with Crippen LogP contribution in [0.3, 0.4) is 0 Å². The molecule has 3 aromatic heterocycles. The normalized spacial score (nSPS) is 11.3. The first kappa shape index (κ1) is 21.3. The van der Waals surface area contributed by atoms with Crippen molar-refractivity contribution in [2.75, 3.05) is 5.73 Å². The third-order valence-corrected chi connectivity index (χ3v) is 5.40. The number of benzene rings is 1. The summed E-state index contributed by atoms with van der Waals surface area (Å²) in [4.78, 5) is 33.1. The molecular formula is C24H26N6O2. The van der Waals surface area contributed by atoms with Crippen molar-refractivity contribution in [1.82, 2.24) is 25.1 Å². The van der Waals surface area contributed by atoms with Crippen molar-refractivity contribution in [3.8, 4) is 11.3 Å². The minimum Gasteiger partial charge on any atom is -0.399 e. The van der Waals surface area contributed by atoms with E-state index in [1.165, 1.54) is 0 Å². The third kappa shape index (κ3) is 3.99. The van der Waals surface area contributed by atoms with E-state index in [1.807, 2.05) is 52.0 Å². The van der Waals surface area contributed by atoms with Gasteiger partial charge in [0.05, 0.1) is 22.8 Å². The maximum Gasteiger partial charge on any atom is 0.253 e. The molecule has 1 aromatic carbocycles. The number of amides is 1. The Labute approximate surface area is 185 Å². The van der Waals surface area contributed by atoms with Gasteiger partial charge in [-0.05, 0) is 57.5 Å². The number of hydrogen-bond acceptors (Lipinski definition) is 5. The first-order chi connectivity index (χ1) is 15.2. The SMILES string of the molecule is Cc1cc(C)c(CNC(=O)c2cc(-c3cccc(N)c3)nc3c2cnn3C(C)C)c(=O)[nH]1. The van der Waals surface area contributed by atoms with Gasteiger partial charge in [-0.25, -0.2) is 9.67 Å². The van der Waals surface area contributed by atoms with Crippen LogP contribution in [-0.2, 0) is 6.54 Å². The number of carbonyl (C=O) groups is 1. The minimum absolute atomic E-state index is 0.0702. The number of aromatic nitrogens is 4. The summed E-state index contributed by atoms with van der Waals surface area (Å²) in [6.07, 6.45) is 1.66. The lowest BCUT2D eigenvalue weighted by atomic mass is 10.1. The molecule has 0 aliphatic carbocycles. The van der Waals surface area contributed by atoms with Crippen molar-refractivity contribution in [2.24, 2.45) is 0 Å². The molecule has 0 atom stereocenters. The quantitative estimate of drug-likeness (QED) is 0.419. The van der Waals surface area contributed by atoms with Gasteiger partial charge in [0.1, 0.15) is 0 Å². The van der Waals surface area contributed by atoms with E-state index in [1.54, 1.807) is 23.0 Å². The van der Waals surface area contributed by atoms with E-state index in [2.05, 4.69) is 15.4 Å². The molecule has 8 heteroatoms. The maximum atomic E-state index is 13.2. The van der Waals surface area contributed by atoms with E-state index in [9.17, 15) is 9.59 Å². The number of H-pyrrole nitrogens is 1. The Bertz CT molecular complexity index is 1380. The molecule has 0 saturated heterocycles. The van der Waals surface area contributed by atoms with E-state index in [-0.39, 0.29) is 24.1 Å². The predicted molar refractivity (Wildman–Crippen MR) is 125 cm³/mol. The van der Waals surface area contributed by atoms with Crippen LogP contribution in [0.25, 0.3) is 22.3 Å². The van der Waals surface area contributed by atoms with Crippen molar-refractivity contribution in [3.05, 3.63) is 75.3 Å². The van der Waals surface area contributed by atoms with Gasteiger partial charge < -0.3 is 16.0 Å². The Morgan fingerprint density at radius 2 is 2.00 bits per heavy atom. The topological polar surface area (TPSA) is 119 Å². The molecule has 0 bridgehead atoms. The summed E-state index contributed by atoms with van der Waals surface area (Å²) < 4.78 is 1.79. The lowest BCUT2D eigenvalue weighted by Crippen LogP contribution is -2.28. The summed E-state index contributed by atoms with van der Waals surface area (Å²) in [6, 6.07) is 11.1. The van der Waals surface area contributed by atoms with E-state index in [4.69, 9.17) is 10.7 Å². The summed E-state index contributed by atoms with van der Waals surface area (Å²) in [5.41, 5.74) is 11.0. The number of nitrogens with zero attached hydrogens (tertiary/aromatic N) is 3. The summed E-state index contributed by atoms with van der Waals surface area (Å²) in [6.45, 7) is 7.82. The van der Waals surface area contributed by atoms with Crippen molar-refractivity contribution in [1.29, 1.82) is 0 Å². The first-order valence-corrected chi connectivity index (χ1v) is 10.5. The lowest BCUT2D eigenvalue weighted by Gasteiger charge is -2.12. The average molecular weight is 431 g/mol. The van der Waals surface area contributed by atoms with Crippen LogP contribution in [0.15, 0.2) is 47.4 Å². The van der Waals surface area contributed by atoms with Gasteiger partial charge >= 0.3 is 0 Å². The molecule has 0 aliphatic heterocycles. The number of carbonyl (C=O) groups excluding carboxylic acids is 1. The fraction of sp³-hybridized carbons (Fsp3) is 0.250. The number of rotatable bonds is 5. The Balaban J connectivity index is 1.77. The smallest absolute Gasteiger partial charge is 0.253 e. The number of nitrogens with one attached hydrogen (secondary N) is 2. The van der Waals surface area contributed by atoms with E-state index < -0.39 is 0 Å². The van der Waals surface area contributed by atoms with Crippen molar-refractivity contribution < 1.29 is 4.79 Å². The molecule has 0 radical (unpaired) electrons. The van der Waals surface area contributed by atoms with Crippen LogP contribution < -0.4 is 16.6 Å². The summed E-state index contributed by atoms with van der Waals surface area (Å²) >= 11 is 0. The molecule has 32 heavy (non-hydrogen) atoms. The maximum absolute atomic E-state index is 13.2. The zero-order valence-corrected chi connectivity index (χ0v) is 18.6. The summed E-state index contributed by atoms with van der Waals surface area (Å²) in [5.74, 6) is -0.301. The predicted octanol–water partition coefficient (Wildman–Crippen LogP) is 3.50. The number of anilines is 1. The highest BCUT2D eigenvalue weighted by Gasteiger charge is 2.19. The molecule has 164 valence electrons. The van der Waals surface area contributed by atoms with Gasteiger partial charge in [0.2, 0.25) is 0 Å². The van der Waals surface area contributed by atoms with Gasteiger partial charge in [0, 0.05) is 35.1 Å². The second kappa shape index (κ2) is 8.30. The fourth-order valence-electron chi connectivity index (χ4n) is 3.79. The number of nitrogens with two attached hydrogens (primary N) is 1. The molecule has 0 spiro atoms. The zero-order valence-electron chi connectivity index (χ0n) is 18.6. The highest BCUT2D eigenvalue weighted by Crippen LogP contribution is 2.27. The zero-order chi connectivity index (χ0) is 23.0. The second-order valence-electron chi connectivity index (χ2n) is 8.23. The standard InChI is InChI=1S/C24H26N6O2/c1-13(2)30-22-20(12-27-30)18(10-21(29-22)16-6-5-7-17(25)9-16)23(31)26-11-19-14(3)8-15(4)28-24(19)32/h5-10,12-13H,11,25H2,1-4H3,(H,26,31)(H,28,32). The highest BCUT2D eigenvalue weighted by molar-refractivity contribution is 6.06. The fourth-order valence-corrected chi connectivity index (χ4v) is 3.79. The van der Waals surface area contributed by atoms with Gasteiger partial charge in [-0.1, -0.05) is 12.1 Å². The van der Waals surface area contributed by atoms with Gasteiger partial charge in [0.25, 0.3) is 11.5 Å². The molecule has 4 aromatic rings. The van der Waals surface area contributed by atoms with Gasteiger partial charge in [0.15, 0.2) is 5.65 Å².